The molecule has 0 radical (unpaired) electrons. The monoisotopic (exact) mass is 260 g/mol. The molecule has 0 heterocycles. The van der Waals surface area contributed by atoms with Crippen molar-refractivity contribution in [2.24, 2.45) is 0 Å². The van der Waals surface area contributed by atoms with Crippen LogP contribution in [0.15, 0.2) is 12.2 Å². The smallest absolute Gasteiger partial charge is 0.350 e. The Morgan fingerprint density at radius 1 is 1.05 bits per heavy atom. The predicted molar refractivity (Wildman–Crippen MR) is 74.6 cm³/mol. The van der Waals surface area contributed by atoms with Crippen LogP contribution in [0.2, 0.25) is 0 Å². The SMILES string of the molecule is C#CC#CC#CC#CC#CC#COC(=O)C(=C)C(C)O. The second-order valence-electron chi connectivity index (χ2n) is 2.96. The van der Waals surface area contributed by atoms with Gasteiger partial charge in [0, 0.05) is 29.6 Å². The number of aliphatic hydroxyl groups excluding tert-OH is 1. The van der Waals surface area contributed by atoms with Crippen LogP contribution in [-0.2, 0) is 9.53 Å². The number of aliphatic hydroxyl groups is 1. The first kappa shape index (κ1) is 16.5. The van der Waals surface area contributed by atoms with Gasteiger partial charge in [-0.2, -0.15) is 0 Å². The Hall–Kier alpha value is -3.47. The molecule has 0 aromatic heterocycles. The van der Waals surface area contributed by atoms with Crippen molar-refractivity contribution in [1.29, 1.82) is 0 Å². The van der Waals surface area contributed by atoms with E-state index in [1.807, 2.05) is 6.11 Å². The molecule has 3 heteroatoms. The van der Waals surface area contributed by atoms with Crippen LogP contribution in [0.1, 0.15) is 6.92 Å². The normalized spacial score (nSPS) is 7.65. The van der Waals surface area contributed by atoms with Gasteiger partial charge in [0.15, 0.2) is 0 Å². The van der Waals surface area contributed by atoms with Gasteiger partial charge in [-0.15, -0.1) is 6.42 Å². The summed E-state index contributed by atoms with van der Waals surface area (Å²) in [6.07, 6.45) is 5.93. The summed E-state index contributed by atoms with van der Waals surface area (Å²) in [5.74, 6) is 22.5. The number of ether oxygens (including phenoxy) is 1. The number of terminal acetylenes is 1. The van der Waals surface area contributed by atoms with Crippen LogP contribution in [0.25, 0.3) is 0 Å². The molecule has 0 aliphatic heterocycles. The highest BCUT2D eigenvalue weighted by atomic mass is 16.5. The minimum Gasteiger partial charge on any atom is -0.388 e. The number of rotatable bonds is 2. The van der Waals surface area contributed by atoms with Gasteiger partial charge < -0.3 is 9.84 Å². The molecule has 0 aromatic rings. The first-order valence-corrected chi connectivity index (χ1v) is 5.13. The van der Waals surface area contributed by atoms with Gasteiger partial charge in [0.05, 0.1) is 11.7 Å². The first-order chi connectivity index (χ1) is 9.59. The van der Waals surface area contributed by atoms with Crippen LogP contribution in [0, 0.1) is 71.7 Å². The van der Waals surface area contributed by atoms with E-state index in [0.717, 1.165) is 0 Å². The highest BCUT2D eigenvalue weighted by molar-refractivity contribution is 5.89. The zero-order valence-corrected chi connectivity index (χ0v) is 10.6. The molecule has 20 heavy (non-hydrogen) atoms. The van der Waals surface area contributed by atoms with Gasteiger partial charge in [-0.05, 0) is 36.5 Å². The lowest BCUT2D eigenvalue weighted by Gasteiger charge is -2.02. The molecule has 1 atom stereocenters. The van der Waals surface area contributed by atoms with Crippen LogP contribution < -0.4 is 0 Å². The van der Waals surface area contributed by atoms with E-state index in [1.54, 1.807) is 0 Å². The van der Waals surface area contributed by atoms with Crippen molar-refractivity contribution in [2.45, 2.75) is 13.0 Å². The van der Waals surface area contributed by atoms with Crippen molar-refractivity contribution < 1.29 is 14.6 Å². The van der Waals surface area contributed by atoms with Crippen molar-refractivity contribution >= 4 is 5.97 Å². The molecule has 0 fully saturated rings. The summed E-state index contributed by atoms with van der Waals surface area (Å²) in [5, 5.41) is 9.04. The Labute approximate surface area is 118 Å². The Kier molecular flexibility index (Phi) is 8.82. The third-order valence-corrected chi connectivity index (χ3v) is 1.53. The number of hydrogen-bond donors (Lipinski definition) is 1. The van der Waals surface area contributed by atoms with Gasteiger partial charge in [0.25, 0.3) is 0 Å². The average molecular weight is 260 g/mol. The lowest BCUT2D eigenvalue weighted by molar-refractivity contribution is -0.133. The average Bonchev–Trinajstić information content (AvgIpc) is 2.43. The van der Waals surface area contributed by atoms with Crippen LogP contribution in [-0.4, -0.2) is 17.2 Å². The summed E-state index contributed by atoms with van der Waals surface area (Å²) in [5.41, 5.74) is -0.0876. The van der Waals surface area contributed by atoms with Crippen LogP contribution in [0.5, 0.6) is 0 Å². The van der Waals surface area contributed by atoms with Crippen molar-refractivity contribution in [3.05, 3.63) is 12.2 Å². The standard InChI is InChI=1S/C17H8O3/c1-4-5-6-7-8-9-10-11-12-13-14-20-17(19)15(2)16(3)18/h1,16,18H,2H2,3H3. The molecule has 0 rings (SSSR count). The Morgan fingerprint density at radius 2 is 1.50 bits per heavy atom. The van der Waals surface area contributed by atoms with Crippen molar-refractivity contribution in [2.75, 3.05) is 0 Å². The third kappa shape index (κ3) is 8.66. The minimum absolute atomic E-state index is 0.0876. The highest BCUT2D eigenvalue weighted by Crippen LogP contribution is 1.99. The number of hydrogen-bond acceptors (Lipinski definition) is 3. The first-order valence-electron chi connectivity index (χ1n) is 5.13. The summed E-state index contributed by atoms with van der Waals surface area (Å²) in [6.45, 7) is 4.73. The van der Waals surface area contributed by atoms with Gasteiger partial charge >= 0.3 is 5.97 Å². The van der Waals surface area contributed by atoms with E-state index in [2.05, 4.69) is 70.5 Å². The molecule has 0 saturated carbocycles. The van der Waals surface area contributed by atoms with E-state index in [9.17, 15) is 4.79 Å². The molecular formula is C17H8O3. The van der Waals surface area contributed by atoms with E-state index in [1.165, 1.54) is 6.92 Å². The summed E-state index contributed by atoms with van der Waals surface area (Å²) < 4.78 is 4.46. The Balaban J connectivity index is 4.31. The topological polar surface area (TPSA) is 46.5 Å². The second kappa shape index (κ2) is 10.7. The van der Waals surface area contributed by atoms with Crippen molar-refractivity contribution in [3.63, 3.8) is 0 Å². The van der Waals surface area contributed by atoms with E-state index in [0.29, 0.717) is 0 Å². The van der Waals surface area contributed by atoms with Crippen molar-refractivity contribution in [1.82, 2.24) is 0 Å². The number of esters is 1. The largest absolute Gasteiger partial charge is 0.388 e. The molecule has 1 N–H and O–H groups in total. The predicted octanol–water partition coefficient (Wildman–Crippen LogP) is 0.0743. The fourth-order valence-corrected chi connectivity index (χ4v) is 0.588. The van der Waals surface area contributed by atoms with Gasteiger partial charge in [-0.25, -0.2) is 4.79 Å². The Morgan fingerprint density at radius 3 is 1.95 bits per heavy atom. The lowest BCUT2D eigenvalue weighted by atomic mass is 10.2. The zero-order valence-electron chi connectivity index (χ0n) is 10.6. The second-order valence-corrected chi connectivity index (χ2v) is 2.96. The molecule has 1 unspecified atom stereocenters. The summed E-state index contributed by atoms with van der Waals surface area (Å²) in [7, 11) is 0. The molecule has 3 nitrogen and oxygen atoms in total. The molecule has 0 bridgehead atoms. The zero-order chi connectivity index (χ0) is 15.2. The quantitative estimate of drug-likeness (QED) is 0.434. The van der Waals surface area contributed by atoms with Gasteiger partial charge in [0.2, 0.25) is 0 Å². The van der Waals surface area contributed by atoms with Gasteiger partial charge in [-0.3, -0.25) is 0 Å². The summed E-state index contributed by atoms with van der Waals surface area (Å²) >= 11 is 0. The maximum Gasteiger partial charge on any atom is 0.350 e. The molecule has 0 amide bonds. The maximum absolute atomic E-state index is 11.1. The van der Waals surface area contributed by atoms with Crippen LogP contribution in [0.4, 0.5) is 0 Å². The molecule has 0 aromatic carbocycles. The summed E-state index contributed by atoms with van der Waals surface area (Å²) in [6, 6.07) is 0. The Bertz CT molecular complexity index is 734. The maximum atomic E-state index is 11.1. The van der Waals surface area contributed by atoms with E-state index >= 15 is 0 Å². The minimum atomic E-state index is -0.989. The summed E-state index contributed by atoms with van der Waals surface area (Å²) in [4.78, 5) is 11.1. The fraction of sp³-hybridized carbons (Fsp3) is 0.118. The highest BCUT2D eigenvalue weighted by Gasteiger charge is 2.12. The molecule has 0 aliphatic rings. The van der Waals surface area contributed by atoms with Crippen molar-refractivity contribution in [3.8, 4) is 71.7 Å². The number of carbonyl (C=O) groups is 1. The molecule has 0 spiro atoms. The van der Waals surface area contributed by atoms with E-state index < -0.39 is 12.1 Å². The third-order valence-electron chi connectivity index (χ3n) is 1.53. The molecule has 0 aliphatic carbocycles. The molecular weight excluding hydrogens is 252 g/mol. The number of carbonyl (C=O) groups excluding carboxylic acids is 1. The van der Waals surface area contributed by atoms with Crippen LogP contribution in [0.3, 0.4) is 0 Å². The van der Waals surface area contributed by atoms with Crippen LogP contribution >= 0.6 is 0 Å². The van der Waals surface area contributed by atoms with E-state index in [4.69, 9.17) is 11.5 Å². The molecule has 94 valence electrons. The fourth-order valence-electron chi connectivity index (χ4n) is 0.588. The molecule has 0 saturated heterocycles. The lowest BCUT2D eigenvalue weighted by Crippen LogP contribution is -2.14. The van der Waals surface area contributed by atoms with Gasteiger partial charge in [-0.1, -0.05) is 6.58 Å². The van der Waals surface area contributed by atoms with E-state index in [-0.39, 0.29) is 5.57 Å². The van der Waals surface area contributed by atoms with Gasteiger partial charge in [0.1, 0.15) is 6.11 Å².